The molecule has 7 nitrogen and oxygen atoms in total. The number of fused-ring (bicyclic) bond motifs is 1. The fourth-order valence-electron chi connectivity index (χ4n) is 5.65. The second-order valence-electron chi connectivity index (χ2n) is 10.8. The van der Waals surface area contributed by atoms with Gasteiger partial charge < -0.3 is 9.64 Å². The molecular weight excluding hydrogens is 565 g/mol. The van der Waals surface area contributed by atoms with Gasteiger partial charge in [-0.05, 0) is 73.1 Å². The highest BCUT2D eigenvalue weighted by molar-refractivity contribution is 8.26. The standard InChI is InChI=1S/C33H32N4O3S2/c1-22-7-6-16-36-29(22)34-30(35-17-14-24(15-18-35)19-23-8-4-3-5-9-23)27(31(36)38)20-28-32(39)37(33(41)42-28)21-25-10-12-26(40-2)13-11-25/h3-13,16,20,24H,14-15,17-19,21H2,1-2H3/b28-20+. The number of hydrogen-bond donors (Lipinski definition) is 0. The molecule has 4 heterocycles. The number of aryl methyl sites for hydroxylation is 1. The topological polar surface area (TPSA) is 67.2 Å². The number of methoxy groups -OCH3 is 1. The minimum atomic E-state index is -0.206. The Morgan fingerprint density at radius 2 is 1.74 bits per heavy atom. The molecule has 42 heavy (non-hydrogen) atoms. The molecular formula is C33H32N4O3S2. The van der Waals surface area contributed by atoms with E-state index in [-0.39, 0.29) is 11.5 Å². The molecule has 0 radical (unpaired) electrons. The summed E-state index contributed by atoms with van der Waals surface area (Å²) < 4.78 is 7.29. The van der Waals surface area contributed by atoms with Gasteiger partial charge in [0.05, 0.1) is 24.1 Å². The number of nitrogens with zero attached hydrogens (tertiary/aromatic N) is 4. The van der Waals surface area contributed by atoms with Gasteiger partial charge in [0.25, 0.3) is 11.5 Å². The molecule has 2 aliphatic rings. The average Bonchev–Trinajstić information content (AvgIpc) is 3.27. The Kier molecular flexibility index (Phi) is 8.13. The number of amides is 1. The first-order valence-electron chi connectivity index (χ1n) is 14.1. The third-order valence-corrected chi connectivity index (χ3v) is 9.37. The van der Waals surface area contributed by atoms with E-state index in [2.05, 4.69) is 29.2 Å². The summed E-state index contributed by atoms with van der Waals surface area (Å²) in [5, 5.41) is 0. The molecule has 0 bridgehead atoms. The maximum absolute atomic E-state index is 13.9. The molecule has 1 amide bonds. The summed E-state index contributed by atoms with van der Waals surface area (Å²) in [4.78, 5) is 36.7. The van der Waals surface area contributed by atoms with Crippen molar-refractivity contribution in [3.8, 4) is 5.75 Å². The van der Waals surface area contributed by atoms with Crippen LogP contribution in [0.25, 0.3) is 11.7 Å². The summed E-state index contributed by atoms with van der Waals surface area (Å²) in [5.74, 6) is 1.75. The van der Waals surface area contributed by atoms with Gasteiger partial charge in [0.2, 0.25) is 0 Å². The molecule has 0 N–H and O–H groups in total. The lowest BCUT2D eigenvalue weighted by molar-refractivity contribution is -0.122. The van der Waals surface area contributed by atoms with Crippen molar-refractivity contribution in [3.63, 3.8) is 0 Å². The number of rotatable bonds is 7. The zero-order chi connectivity index (χ0) is 29.2. The van der Waals surface area contributed by atoms with E-state index in [0.717, 1.165) is 49.2 Å². The number of aromatic nitrogens is 2. The summed E-state index contributed by atoms with van der Waals surface area (Å²) in [6.07, 6.45) is 6.49. The van der Waals surface area contributed by atoms with E-state index in [1.165, 1.54) is 17.3 Å². The smallest absolute Gasteiger partial charge is 0.267 e. The SMILES string of the molecule is COc1ccc(CN2C(=O)/C(=C\c3c(N4CCC(Cc5ccccc5)CC4)nc4c(C)cccn4c3=O)SC2=S)cc1. The lowest BCUT2D eigenvalue weighted by Crippen LogP contribution is -2.37. The van der Waals surface area contributed by atoms with E-state index in [4.69, 9.17) is 21.9 Å². The van der Waals surface area contributed by atoms with Gasteiger partial charge in [-0.1, -0.05) is 72.5 Å². The van der Waals surface area contributed by atoms with E-state index in [1.54, 1.807) is 28.7 Å². The molecule has 9 heteroatoms. The minimum absolute atomic E-state index is 0.189. The highest BCUT2D eigenvalue weighted by Gasteiger charge is 2.33. The Morgan fingerprint density at radius 1 is 1.00 bits per heavy atom. The molecule has 214 valence electrons. The van der Waals surface area contributed by atoms with Crippen molar-refractivity contribution in [2.45, 2.75) is 32.7 Å². The van der Waals surface area contributed by atoms with Gasteiger partial charge in [-0.15, -0.1) is 0 Å². The number of ether oxygens (including phenoxy) is 1. The van der Waals surface area contributed by atoms with E-state index in [9.17, 15) is 9.59 Å². The Hall–Kier alpha value is -3.95. The fourth-order valence-corrected chi connectivity index (χ4v) is 6.88. The molecule has 0 unspecified atom stereocenters. The lowest BCUT2D eigenvalue weighted by Gasteiger charge is -2.33. The monoisotopic (exact) mass is 596 g/mol. The largest absolute Gasteiger partial charge is 0.497 e. The third-order valence-electron chi connectivity index (χ3n) is 7.99. The molecule has 2 saturated heterocycles. The molecule has 2 fully saturated rings. The van der Waals surface area contributed by atoms with Gasteiger partial charge >= 0.3 is 0 Å². The Bertz CT molecular complexity index is 1730. The van der Waals surface area contributed by atoms with E-state index in [0.29, 0.717) is 38.7 Å². The Morgan fingerprint density at radius 3 is 2.45 bits per heavy atom. The second kappa shape index (κ2) is 12.1. The van der Waals surface area contributed by atoms with E-state index >= 15 is 0 Å². The van der Waals surface area contributed by atoms with Gasteiger partial charge in [0.1, 0.15) is 21.5 Å². The number of thiocarbonyl (C=S) groups is 1. The van der Waals surface area contributed by atoms with Crippen LogP contribution in [0.2, 0.25) is 0 Å². The molecule has 2 aromatic heterocycles. The average molecular weight is 597 g/mol. The Labute approximate surface area is 254 Å². The van der Waals surface area contributed by atoms with Gasteiger partial charge in [-0.25, -0.2) is 4.98 Å². The number of hydrogen-bond acceptors (Lipinski definition) is 7. The normalized spacial score (nSPS) is 17.0. The lowest BCUT2D eigenvalue weighted by atomic mass is 9.90. The fraction of sp³-hybridized carbons (Fsp3) is 0.273. The van der Waals surface area contributed by atoms with Crippen LogP contribution in [0.4, 0.5) is 5.82 Å². The summed E-state index contributed by atoms with van der Waals surface area (Å²) in [6.45, 7) is 3.90. The van der Waals surface area contributed by atoms with E-state index in [1.807, 2.05) is 49.4 Å². The van der Waals surface area contributed by atoms with Crippen molar-refractivity contribution in [2.75, 3.05) is 25.1 Å². The number of thioether (sulfide) groups is 1. The van der Waals surface area contributed by atoms with Crippen LogP contribution >= 0.6 is 24.0 Å². The molecule has 2 aromatic carbocycles. The van der Waals surface area contributed by atoms with Crippen molar-refractivity contribution in [3.05, 3.63) is 110 Å². The first-order valence-corrected chi connectivity index (χ1v) is 15.3. The second-order valence-corrected chi connectivity index (χ2v) is 12.5. The van der Waals surface area contributed by atoms with Gasteiger partial charge in [0.15, 0.2) is 0 Å². The van der Waals surface area contributed by atoms with Crippen LogP contribution in [0.1, 0.15) is 35.1 Å². The summed E-state index contributed by atoms with van der Waals surface area (Å²) in [6, 6.07) is 22.0. The van der Waals surface area contributed by atoms with Crippen molar-refractivity contribution in [2.24, 2.45) is 5.92 Å². The summed E-state index contributed by atoms with van der Waals surface area (Å²) in [5.41, 5.74) is 4.08. The maximum Gasteiger partial charge on any atom is 0.267 e. The number of carbonyl (C=O) groups is 1. The molecule has 0 aliphatic carbocycles. The van der Waals surface area contributed by atoms with Crippen LogP contribution in [-0.4, -0.2) is 44.7 Å². The zero-order valence-electron chi connectivity index (χ0n) is 23.7. The quantitative estimate of drug-likeness (QED) is 0.195. The number of carbonyl (C=O) groups excluding carboxylic acids is 1. The van der Waals surface area contributed by atoms with Gasteiger partial charge in [-0.2, -0.15) is 0 Å². The molecule has 6 rings (SSSR count). The van der Waals surface area contributed by atoms with Crippen molar-refractivity contribution >= 4 is 51.7 Å². The molecule has 0 saturated carbocycles. The van der Waals surface area contributed by atoms with Crippen molar-refractivity contribution in [1.82, 2.24) is 14.3 Å². The maximum atomic E-state index is 13.9. The van der Waals surface area contributed by atoms with E-state index < -0.39 is 0 Å². The van der Waals surface area contributed by atoms with Crippen LogP contribution in [0.15, 0.2) is 82.6 Å². The predicted octanol–water partition coefficient (Wildman–Crippen LogP) is 5.87. The third kappa shape index (κ3) is 5.71. The van der Waals surface area contributed by atoms with Crippen molar-refractivity contribution in [1.29, 1.82) is 0 Å². The predicted molar refractivity (Wildman–Crippen MR) is 173 cm³/mol. The van der Waals surface area contributed by atoms with Gasteiger partial charge in [0, 0.05) is 19.3 Å². The number of pyridine rings is 1. The molecule has 2 aliphatic heterocycles. The first-order chi connectivity index (χ1) is 20.4. The minimum Gasteiger partial charge on any atom is -0.497 e. The summed E-state index contributed by atoms with van der Waals surface area (Å²) in [7, 11) is 1.62. The molecule has 0 spiro atoms. The highest BCUT2D eigenvalue weighted by Crippen LogP contribution is 2.35. The van der Waals surface area contributed by atoms with Crippen LogP contribution in [-0.2, 0) is 17.8 Å². The van der Waals surface area contributed by atoms with Crippen LogP contribution in [0, 0.1) is 12.8 Å². The number of benzene rings is 2. The number of piperidine rings is 1. The first kappa shape index (κ1) is 28.2. The van der Waals surface area contributed by atoms with Gasteiger partial charge in [-0.3, -0.25) is 18.9 Å². The molecule has 4 aromatic rings. The van der Waals surface area contributed by atoms with Crippen molar-refractivity contribution < 1.29 is 9.53 Å². The van der Waals surface area contributed by atoms with Crippen LogP contribution in [0.5, 0.6) is 5.75 Å². The van der Waals surface area contributed by atoms with Crippen LogP contribution < -0.4 is 15.2 Å². The number of anilines is 1. The molecule has 0 atom stereocenters. The highest BCUT2D eigenvalue weighted by atomic mass is 32.2. The van der Waals surface area contributed by atoms with Crippen LogP contribution in [0.3, 0.4) is 0 Å². The zero-order valence-corrected chi connectivity index (χ0v) is 25.3. The Balaban J connectivity index is 1.30. The summed E-state index contributed by atoms with van der Waals surface area (Å²) >= 11 is 6.83.